The van der Waals surface area contributed by atoms with Gasteiger partial charge in [-0.25, -0.2) is 0 Å². The van der Waals surface area contributed by atoms with Crippen LogP contribution in [0.4, 0.5) is 5.69 Å². The Morgan fingerprint density at radius 3 is 2.95 bits per heavy atom. The third-order valence-electron chi connectivity index (χ3n) is 3.67. The quantitative estimate of drug-likeness (QED) is 0.873. The Hall–Kier alpha value is -1.20. The maximum atomic E-state index is 12.0. The van der Waals surface area contributed by atoms with Crippen LogP contribution in [0.3, 0.4) is 0 Å². The van der Waals surface area contributed by atoms with E-state index in [4.69, 9.17) is 0 Å². The number of hydrogen-bond donors (Lipinski definition) is 2. The van der Waals surface area contributed by atoms with Crippen LogP contribution < -0.4 is 10.6 Å². The Morgan fingerprint density at radius 2 is 2.30 bits per heavy atom. The Kier molecular flexibility index (Phi) is 5.31. The molecule has 0 bridgehead atoms. The number of nitrogens with one attached hydrogen (secondary N) is 2. The van der Waals surface area contributed by atoms with Crippen molar-refractivity contribution in [3.8, 4) is 0 Å². The molecule has 1 heterocycles. The molecule has 0 spiro atoms. The van der Waals surface area contributed by atoms with E-state index in [1.807, 2.05) is 25.1 Å². The summed E-state index contributed by atoms with van der Waals surface area (Å²) in [6, 6.07) is 6.07. The number of anilines is 1. The predicted octanol–water partition coefficient (Wildman–Crippen LogP) is 1.95. The highest BCUT2D eigenvalue weighted by Crippen LogP contribution is 2.21. The summed E-state index contributed by atoms with van der Waals surface area (Å²) >= 11 is 0. The molecule has 2 unspecified atom stereocenters. The van der Waals surface area contributed by atoms with Gasteiger partial charge >= 0.3 is 0 Å². The van der Waals surface area contributed by atoms with Crippen LogP contribution in [0.25, 0.3) is 0 Å². The molecule has 0 aliphatic carbocycles. The lowest BCUT2D eigenvalue weighted by atomic mass is 10.1. The normalized spacial score (nSPS) is 19.8. The Morgan fingerprint density at radius 1 is 1.50 bits per heavy atom. The van der Waals surface area contributed by atoms with Crippen molar-refractivity contribution < 1.29 is 9.00 Å². The van der Waals surface area contributed by atoms with Gasteiger partial charge in [0.25, 0.3) is 0 Å². The highest BCUT2D eigenvalue weighted by Gasteiger charge is 2.18. The summed E-state index contributed by atoms with van der Waals surface area (Å²) in [5, 5.41) is 6.30. The summed E-state index contributed by atoms with van der Waals surface area (Å²) in [5.41, 5.74) is 2.87. The third kappa shape index (κ3) is 4.15. The van der Waals surface area contributed by atoms with Crippen molar-refractivity contribution >= 4 is 22.4 Å². The molecule has 0 saturated carbocycles. The molecule has 0 aromatic heterocycles. The molecule has 110 valence electrons. The minimum absolute atomic E-state index is 0.0438. The molecule has 1 amide bonds. The largest absolute Gasteiger partial charge is 0.326 e. The lowest BCUT2D eigenvalue weighted by Gasteiger charge is -2.14. The molecule has 4 nitrogen and oxygen atoms in total. The van der Waals surface area contributed by atoms with Gasteiger partial charge in [-0.3, -0.25) is 9.00 Å². The van der Waals surface area contributed by atoms with Crippen molar-refractivity contribution in [3.63, 3.8) is 0 Å². The first kappa shape index (κ1) is 15.2. The fourth-order valence-electron chi connectivity index (χ4n) is 2.55. The van der Waals surface area contributed by atoms with Crippen molar-refractivity contribution in [2.75, 3.05) is 18.1 Å². The second-order valence-corrected chi connectivity index (χ2v) is 6.79. The van der Waals surface area contributed by atoms with Crippen LogP contribution in [-0.2, 0) is 21.3 Å². The number of carbonyl (C=O) groups excluding carboxylic acids is 1. The maximum absolute atomic E-state index is 12.0. The van der Waals surface area contributed by atoms with Gasteiger partial charge in [-0.1, -0.05) is 12.1 Å². The van der Waals surface area contributed by atoms with Gasteiger partial charge in [0.1, 0.15) is 0 Å². The molecule has 2 rings (SSSR count). The average Bonchev–Trinajstić information content (AvgIpc) is 2.86. The molecule has 1 aliphatic rings. The van der Waals surface area contributed by atoms with Crippen molar-refractivity contribution in [3.05, 3.63) is 29.3 Å². The number of benzene rings is 1. The van der Waals surface area contributed by atoms with Gasteiger partial charge in [0.2, 0.25) is 5.91 Å². The predicted molar refractivity (Wildman–Crippen MR) is 83.2 cm³/mol. The van der Waals surface area contributed by atoms with Gasteiger partial charge in [-0.15, -0.1) is 0 Å². The van der Waals surface area contributed by atoms with Crippen LogP contribution >= 0.6 is 0 Å². The van der Waals surface area contributed by atoms with E-state index in [9.17, 15) is 9.00 Å². The van der Waals surface area contributed by atoms with Gasteiger partial charge < -0.3 is 10.6 Å². The maximum Gasteiger partial charge on any atom is 0.225 e. The zero-order valence-electron chi connectivity index (χ0n) is 12.1. The SMILES string of the molecule is Cc1c(CS(C)=O)cccc1NC(=O)CC1CCCN1. The first-order valence-electron chi connectivity index (χ1n) is 6.98. The van der Waals surface area contributed by atoms with Gasteiger partial charge in [-0.2, -0.15) is 0 Å². The topological polar surface area (TPSA) is 58.2 Å². The lowest BCUT2D eigenvalue weighted by molar-refractivity contribution is -0.116. The van der Waals surface area contributed by atoms with Gasteiger partial charge in [-0.05, 0) is 43.5 Å². The Labute approximate surface area is 122 Å². The minimum atomic E-state index is -0.874. The second-order valence-electron chi connectivity index (χ2n) is 5.35. The standard InChI is InChI=1S/C15H22N2O2S/c1-11-12(10-20(2)19)5-3-7-14(11)17-15(18)9-13-6-4-8-16-13/h3,5,7,13,16H,4,6,8-10H2,1-2H3,(H,17,18). The fraction of sp³-hybridized carbons (Fsp3) is 0.533. The van der Waals surface area contributed by atoms with Crippen molar-refractivity contribution in [2.24, 2.45) is 0 Å². The molecular weight excluding hydrogens is 272 g/mol. The third-order valence-corrected chi connectivity index (χ3v) is 4.39. The second kappa shape index (κ2) is 6.99. The summed E-state index contributed by atoms with van der Waals surface area (Å²) in [5.74, 6) is 0.571. The Balaban J connectivity index is 2.01. The van der Waals surface area contributed by atoms with Gasteiger partial charge in [0.15, 0.2) is 0 Å². The smallest absolute Gasteiger partial charge is 0.225 e. The number of amides is 1. The summed E-state index contributed by atoms with van der Waals surface area (Å²) in [6.07, 6.45) is 4.43. The molecule has 1 fully saturated rings. The van der Waals surface area contributed by atoms with E-state index in [1.165, 1.54) is 0 Å². The molecule has 2 N–H and O–H groups in total. The molecule has 0 radical (unpaired) electrons. The van der Waals surface area contributed by atoms with E-state index >= 15 is 0 Å². The lowest BCUT2D eigenvalue weighted by Crippen LogP contribution is -2.27. The molecule has 5 heteroatoms. The van der Waals surface area contributed by atoms with Crippen LogP contribution in [0.15, 0.2) is 18.2 Å². The molecule has 1 aromatic rings. The van der Waals surface area contributed by atoms with Gasteiger partial charge in [0.05, 0.1) is 0 Å². The van der Waals surface area contributed by atoms with E-state index in [0.29, 0.717) is 18.2 Å². The number of hydrogen-bond acceptors (Lipinski definition) is 3. The highest BCUT2D eigenvalue weighted by atomic mass is 32.2. The zero-order valence-corrected chi connectivity index (χ0v) is 12.9. The number of rotatable bonds is 5. The minimum Gasteiger partial charge on any atom is -0.326 e. The van der Waals surface area contributed by atoms with Crippen LogP contribution in [-0.4, -0.2) is 29.0 Å². The fourth-order valence-corrected chi connectivity index (χ4v) is 3.30. The van der Waals surface area contributed by atoms with Crippen molar-refractivity contribution in [1.82, 2.24) is 5.32 Å². The van der Waals surface area contributed by atoms with Crippen LogP contribution in [0.1, 0.15) is 30.4 Å². The van der Waals surface area contributed by atoms with E-state index in [1.54, 1.807) is 6.26 Å². The molecule has 1 aliphatic heterocycles. The number of carbonyl (C=O) groups is 1. The van der Waals surface area contributed by atoms with Crippen LogP contribution in [0.5, 0.6) is 0 Å². The molecule has 2 atom stereocenters. The summed E-state index contributed by atoms with van der Waals surface area (Å²) in [6.45, 7) is 2.97. The summed E-state index contributed by atoms with van der Waals surface area (Å²) in [4.78, 5) is 12.0. The first-order chi connectivity index (χ1) is 9.56. The average molecular weight is 294 g/mol. The highest BCUT2D eigenvalue weighted by molar-refractivity contribution is 7.83. The van der Waals surface area contributed by atoms with Gasteiger partial charge in [0, 0.05) is 41.0 Å². The summed E-state index contributed by atoms with van der Waals surface area (Å²) < 4.78 is 11.3. The molecule has 20 heavy (non-hydrogen) atoms. The first-order valence-corrected chi connectivity index (χ1v) is 8.70. The van der Waals surface area contributed by atoms with Crippen molar-refractivity contribution in [1.29, 1.82) is 0 Å². The van der Waals surface area contributed by atoms with E-state index in [0.717, 1.165) is 36.2 Å². The zero-order chi connectivity index (χ0) is 14.5. The Bertz CT molecular complexity index is 511. The molecule has 1 saturated heterocycles. The van der Waals surface area contributed by atoms with Crippen LogP contribution in [0, 0.1) is 6.92 Å². The van der Waals surface area contributed by atoms with Crippen molar-refractivity contribution in [2.45, 2.75) is 38.0 Å². The molecule has 1 aromatic carbocycles. The van der Waals surface area contributed by atoms with Crippen LogP contribution in [0.2, 0.25) is 0 Å². The van der Waals surface area contributed by atoms with E-state index in [-0.39, 0.29) is 5.91 Å². The molecular formula is C15H22N2O2S. The monoisotopic (exact) mass is 294 g/mol. The van der Waals surface area contributed by atoms with E-state index < -0.39 is 10.8 Å². The van der Waals surface area contributed by atoms with E-state index in [2.05, 4.69) is 10.6 Å². The summed E-state index contributed by atoms with van der Waals surface area (Å²) in [7, 11) is -0.874.